The van der Waals surface area contributed by atoms with E-state index in [0.29, 0.717) is 11.9 Å². The van der Waals surface area contributed by atoms with Gasteiger partial charge in [0.15, 0.2) is 0 Å². The van der Waals surface area contributed by atoms with Gasteiger partial charge < -0.3 is 9.64 Å². The van der Waals surface area contributed by atoms with Crippen LogP contribution in [-0.4, -0.2) is 39.1 Å². The molecule has 1 fully saturated rings. The van der Waals surface area contributed by atoms with Gasteiger partial charge in [0.2, 0.25) is 0 Å². The molecule has 0 aliphatic carbocycles. The summed E-state index contributed by atoms with van der Waals surface area (Å²) in [6.07, 6.45) is 3.10. The predicted octanol–water partition coefficient (Wildman–Crippen LogP) is 2.96. The molecule has 4 rings (SSSR count). The number of para-hydroxylation sites is 1. The van der Waals surface area contributed by atoms with Crippen LogP contribution in [0.2, 0.25) is 0 Å². The van der Waals surface area contributed by atoms with Crippen LogP contribution in [0.5, 0.6) is 0 Å². The van der Waals surface area contributed by atoms with E-state index in [1.807, 2.05) is 36.4 Å². The van der Waals surface area contributed by atoms with E-state index in [1.165, 1.54) is 16.0 Å². The summed E-state index contributed by atoms with van der Waals surface area (Å²) in [5, 5.41) is 0.880. The van der Waals surface area contributed by atoms with Crippen LogP contribution in [0.25, 0.3) is 10.9 Å². The van der Waals surface area contributed by atoms with Crippen molar-refractivity contribution >= 4 is 26.9 Å². The van der Waals surface area contributed by atoms with E-state index in [2.05, 4.69) is 14.0 Å². The quantitative estimate of drug-likeness (QED) is 0.476. The van der Waals surface area contributed by atoms with Gasteiger partial charge in [-0.1, -0.05) is 43.3 Å². The molecule has 1 aromatic heterocycles. The van der Waals surface area contributed by atoms with Gasteiger partial charge in [0, 0.05) is 23.8 Å². The Labute approximate surface area is 189 Å². The lowest BCUT2D eigenvalue weighted by molar-refractivity contribution is -0.919. The normalized spacial score (nSPS) is 22.8. The zero-order chi connectivity index (χ0) is 22.9. The van der Waals surface area contributed by atoms with Gasteiger partial charge in [-0.3, -0.25) is 0 Å². The number of esters is 1. The van der Waals surface area contributed by atoms with Crippen molar-refractivity contribution in [2.45, 2.75) is 30.7 Å². The molecule has 0 spiro atoms. The topological polar surface area (TPSA) is 69.8 Å². The van der Waals surface area contributed by atoms with E-state index in [0.717, 1.165) is 29.6 Å². The second kappa shape index (κ2) is 8.92. The first-order chi connectivity index (χ1) is 15.4. The summed E-state index contributed by atoms with van der Waals surface area (Å²) in [7, 11) is -0.324. The summed E-state index contributed by atoms with van der Waals surface area (Å²) in [5.74, 6) is -0.108. The molecule has 1 aliphatic rings. The van der Waals surface area contributed by atoms with Crippen molar-refractivity contribution in [3.63, 3.8) is 0 Å². The zero-order valence-electron chi connectivity index (χ0n) is 18.6. The number of aromatic nitrogens is 1. The van der Waals surface area contributed by atoms with Crippen LogP contribution in [0, 0.1) is 5.92 Å². The second-order valence-corrected chi connectivity index (χ2v) is 10.2. The van der Waals surface area contributed by atoms with Gasteiger partial charge in [0.05, 0.1) is 36.8 Å². The highest BCUT2D eigenvalue weighted by atomic mass is 32.2. The summed E-state index contributed by atoms with van der Waals surface area (Å²) in [6.45, 7) is 2.93. The number of rotatable bonds is 5. The van der Waals surface area contributed by atoms with Gasteiger partial charge in [-0.05, 0) is 36.3 Å². The third kappa shape index (κ3) is 3.98. The molecule has 3 aromatic rings. The van der Waals surface area contributed by atoms with Crippen LogP contribution in [0.1, 0.15) is 31.5 Å². The Morgan fingerprint density at radius 2 is 1.84 bits per heavy atom. The van der Waals surface area contributed by atoms with Gasteiger partial charge in [0.1, 0.15) is 6.04 Å². The number of hydrogen-bond donors (Lipinski definition) is 1. The van der Waals surface area contributed by atoms with Crippen LogP contribution in [0.4, 0.5) is 0 Å². The minimum Gasteiger partial charge on any atom is -0.466 e. The molecule has 3 atom stereocenters. The number of fused-ring (bicyclic) bond motifs is 1. The van der Waals surface area contributed by atoms with E-state index < -0.39 is 10.0 Å². The number of carbonyl (C=O) groups is 1. The smallest absolute Gasteiger partial charge is 0.330 e. The number of ether oxygens (including phenoxy) is 1. The number of hydrogen-bond acceptors (Lipinski definition) is 4. The molecule has 0 radical (unpaired) electrons. The van der Waals surface area contributed by atoms with Gasteiger partial charge in [0.25, 0.3) is 10.0 Å². The summed E-state index contributed by atoms with van der Waals surface area (Å²) in [4.78, 5) is 13.5. The molecular weight excluding hydrogens is 424 g/mol. The molecule has 32 heavy (non-hydrogen) atoms. The summed E-state index contributed by atoms with van der Waals surface area (Å²) >= 11 is 0. The van der Waals surface area contributed by atoms with E-state index >= 15 is 0 Å². The number of likely N-dealkylation sites (tertiary alicyclic amines) is 1. The molecule has 0 bridgehead atoms. The lowest BCUT2D eigenvalue weighted by Gasteiger charge is -2.36. The van der Waals surface area contributed by atoms with Crippen molar-refractivity contribution in [3.8, 4) is 0 Å². The Kier molecular flexibility index (Phi) is 6.22. The lowest BCUT2D eigenvalue weighted by atomic mass is 9.84. The van der Waals surface area contributed by atoms with Crippen molar-refractivity contribution in [1.82, 2.24) is 3.97 Å². The van der Waals surface area contributed by atoms with E-state index in [1.54, 1.807) is 30.3 Å². The Bertz CT molecular complexity index is 1260. The molecule has 1 saturated heterocycles. The van der Waals surface area contributed by atoms with E-state index in [9.17, 15) is 13.2 Å². The maximum absolute atomic E-state index is 13.8. The maximum Gasteiger partial charge on any atom is 0.330 e. The van der Waals surface area contributed by atoms with Crippen molar-refractivity contribution in [3.05, 3.63) is 78.0 Å². The largest absolute Gasteiger partial charge is 0.466 e. The molecular formula is C25H29N2O4S+. The predicted molar refractivity (Wildman–Crippen MR) is 124 cm³/mol. The summed E-state index contributed by atoms with van der Waals surface area (Å²) in [6, 6.07) is 18.0. The van der Waals surface area contributed by atoms with Crippen molar-refractivity contribution in [2.24, 2.45) is 5.92 Å². The third-order valence-corrected chi connectivity index (χ3v) is 8.21. The fourth-order valence-electron chi connectivity index (χ4n) is 4.75. The van der Waals surface area contributed by atoms with Crippen molar-refractivity contribution < 1.29 is 22.8 Å². The van der Waals surface area contributed by atoms with Gasteiger partial charge in [-0.15, -0.1) is 0 Å². The minimum absolute atomic E-state index is 0.111. The van der Waals surface area contributed by atoms with E-state index in [-0.39, 0.29) is 22.8 Å². The summed E-state index contributed by atoms with van der Waals surface area (Å²) in [5.41, 5.74) is 2.41. The molecule has 1 N–H and O–H groups in total. The highest BCUT2D eigenvalue weighted by Crippen LogP contribution is 2.34. The van der Waals surface area contributed by atoms with Gasteiger partial charge in [-0.2, -0.15) is 0 Å². The SMILES string of the molecule is CC[C@@H]1C[NH+](C)[C@H](c2cc3ccccc3n2S(=O)(=O)c2ccccc2)C/C1=C\C(=O)OC. The highest BCUT2D eigenvalue weighted by Gasteiger charge is 2.37. The Morgan fingerprint density at radius 3 is 2.53 bits per heavy atom. The third-order valence-electron chi connectivity index (χ3n) is 6.46. The van der Waals surface area contributed by atoms with Crippen LogP contribution in [-0.2, 0) is 19.6 Å². The highest BCUT2D eigenvalue weighted by molar-refractivity contribution is 7.90. The average molecular weight is 454 g/mol. The molecule has 2 aromatic carbocycles. The number of methoxy groups -OCH3 is 1. The van der Waals surface area contributed by atoms with Crippen molar-refractivity contribution in [1.29, 1.82) is 0 Å². The van der Waals surface area contributed by atoms with Crippen LogP contribution in [0.3, 0.4) is 0 Å². The number of benzene rings is 2. The molecule has 1 aliphatic heterocycles. The molecule has 1 unspecified atom stereocenters. The first-order valence-corrected chi connectivity index (χ1v) is 12.3. The van der Waals surface area contributed by atoms with Crippen LogP contribution < -0.4 is 4.90 Å². The molecule has 2 heterocycles. The minimum atomic E-state index is -3.80. The number of piperidine rings is 1. The van der Waals surface area contributed by atoms with Crippen LogP contribution >= 0.6 is 0 Å². The fourth-order valence-corrected chi connectivity index (χ4v) is 6.34. The fraction of sp³-hybridized carbons (Fsp3) is 0.320. The molecule has 6 nitrogen and oxygen atoms in total. The van der Waals surface area contributed by atoms with Gasteiger partial charge >= 0.3 is 5.97 Å². The van der Waals surface area contributed by atoms with Gasteiger partial charge in [-0.25, -0.2) is 17.2 Å². The van der Waals surface area contributed by atoms with Crippen LogP contribution in [0.15, 0.2) is 77.2 Å². The Hall–Kier alpha value is -2.90. The number of carbonyl (C=O) groups excluding carboxylic acids is 1. The number of nitrogens with one attached hydrogen (secondary N) is 1. The monoisotopic (exact) mass is 453 g/mol. The molecule has 168 valence electrons. The first kappa shape index (κ1) is 22.3. The molecule has 7 heteroatoms. The Morgan fingerprint density at radius 1 is 1.16 bits per heavy atom. The lowest BCUT2D eigenvalue weighted by Crippen LogP contribution is -3.11. The molecule has 0 amide bonds. The first-order valence-electron chi connectivity index (χ1n) is 10.9. The van der Waals surface area contributed by atoms with E-state index in [4.69, 9.17) is 4.74 Å². The summed E-state index contributed by atoms with van der Waals surface area (Å²) < 4.78 is 33.9. The maximum atomic E-state index is 13.8. The number of quaternary nitrogens is 1. The average Bonchev–Trinajstić information content (AvgIpc) is 3.20. The number of nitrogens with zero attached hydrogens (tertiary/aromatic N) is 1. The van der Waals surface area contributed by atoms with Crippen molar-refractivity contribution in [2.75, 3.05) is 20.7 Å². The standard InChI is InChI=1S/C25H28N2O4S/c1-4-18-17-26(2)23(15-20(18)16-25(28)31-3)24-14-19-10-8-9-13-22(19)27(24)32(29,30)21-11-6-5-7-12-21/h5-14,16,18,23H,4,15,17H2,1-3H3/p+1/b20-16+/t18-,23+/m1/s1. The second-order valence-electron chi connectivity index (χ2n) is 8.37. The Balaban J connectivity index is 1.89. The zero-order valence-corrected chi connectivity index (χ0v) is 19.4. The molecule has 0 saturated carbocycles.